The smallest absolute Gasteiger partial charge is 0.437 e. The van der Waals surface area contributed by atoms with E-state index >= 15 is 0 Å². The molecule has 26 heavy (non-hydrogen) atoms. The molecule has 1 saturated heterocycles. The molecule has 1 aromatic carbocycles. The van der Waals surface area contributed by atoms with Crippen molar-refractivity contribution < 1.29 is 41.4 Å². The molecule has 0 aromatic heterocycles. The number of amides is 2. The highest BCUT2D eigenvalue weighted by Gasteiger charge is 2.69. The third kappa shape index (κ3) is 3.06. The number of halogens is 5. The highest BCUT2D eigenvalue weighted by molar-refractivity contribution is 5.83. The molecule has 11 heteroatoms. The Morgan fingerprint density at radius 3 is 2.46 bits per heavy atom. The predicted molar refractivity (Wildman–Crippen MR) is 76.5 cm³/mol. The van der Waals surface area contributed by atoms with E-state index in [1.54, 1.807) is 0 Å². The van der Waals surface area contributed by atoms with Crippen LogP contribution in [0, 0.1) is 17.6 Å². The van der Waals surface area contributed by atoms with Crippen LogP contribution >= 0.6 is 0 Å². The molecule has 2 rings (SSSR count). The number of ether oxygens (including phenoxy) is 1. The van der Waals surface area contributed by atoms with Gasteiger partial charge in [0.05, 0.1) is 12.6 Å². The number of rotatable bonds is 3. The molecule has 3 unspecified atom stereocenters. The van der Waals surface area contributed by atoms with Gasteiger partial charge in [-0.05, 0) is 24.6 Å². The first-order valence-corrected chi connectivity index (χ1v) is 7.40. The number of hydrogen-bond donors (Lipinski definition) is 2. The summed E-state index contributed by atoms with van der Waals surface area (Å²) in [4.78, 5) is 24.1. The van der Waals surface area contributed by atoms with Gasteiger partial charge in [-0.1, -0.05) is 6.07 Å². The van der Waals surface area contributed by atoms with Crippen LogP contribution in [-0.2, 0) is 9.53 Å². The Kier molecular flexibility index (Phi) is 5.13. The normalized spacial score (nSPS) is 26.5. The van der Waals surface area contributed by atoms with E-state index in [4.69, 9.17) is 0 Å². The van der Waals surface area contributed by atoms with Gasteiger partial charge in [-0.3, -0.25) is 9.69 Å². The summed E-state index contributed by atoms with van der Waals surface area (Å²) >= 11 is 0. The van der Waals surface area contributed by atoms with Crippen molar-refractivity contribution in [3.8, 4) is 0 Å². The predicted octanol–water partition coefficient (Wildman–Crippen LogP) is 2.09. The van der Waals surface area contributed by atoms with Crippen LogP contribution in [0.25, 0.3) is 0 Å². The van der Waals surface area contributed by atoms with Crippen molar-refractivity contribution >= 4 is 12.0 Å². The molecule has 0 saturated carbocycles. The average molecular weight is 382 g/mol. The number of hydrogen-bond acceptors (Lipinski definition) is 4. The average Bonchev–Trinajstić information content (AvgIpc) is 2.54. The number of esters is 1. The molecular formula is C15H15F5N2O4. The van der Waals surface area contributed by atoms with Crippen molar-refractivity contribution in [3.05, 3.63) is 35.4 Å². The third-order valence-electron chi connectivity index (χ3n) is 4.12. The van der Waals surface area contributed by atoms with Gasteiger partial charge in [0.1, 0.15) is 5.92 Å². The van der Waals surface area contributed by atoms with Crippen molar-refractivity contribution in [1.82, 2.24) is 10.2 Å². The zero-order valence-corrected chi connectivity index (χ0v) is 13.6. The summed E-state index contributed by atoms with van der Waals surface area (Å²) in [5.41, 5.74) is -4.26. The molecule has 0 bridgehead atoms. The fourth-order valence-corrected chi connectivity index (χ4v) is 2.79. The summed E-state index contributed by atoms with van der Waals surface area (Å²) in [7, 11) is 0.649. The minimum Gasteiger partial charge on any atom is -0.466 e. The van der Waals surface area contributed by atoms with E-state index in [2.05, 4.69) is 10.1 Å². The molecule has 0 radical (unpaired) electrons. The minimum atomic E-state index is -5.44. The van der Waals surface area contributed by atoms with E-state index < -0.39 is 47.5 Å². The maximum absolute atomic E-state index is 13.6. The molecule has 3 atom stereocenters. The lowest BCUT2D eigenvalue weighted by atomic mass is 9.81. The lowest BCUT2D eigenvalue weighted by Crippen LogP contribution is -2.73. The van der Waals surface area contributed by atoms with Gasteiger partial charge in [0.25, 0.3) is 5.72 Å². The zero-order chi connectivity index (χ0) is 19.9. The highest BCUT2D eigenvalue weighted by Crippen LogP contribution is 2.46. The molecule has 144 valence electrons. The van der Waals surface area contributed by atoms with Gasteiger partial charge < -0.3 is 15.2 Å². The summed E-state index contributed by atoms with van der Waals surface area (Å²) in [5.74, 6) is -6.51. The first-order valence-electron chi connectivity index (χ1n) is 7.40. The van der Waals surface area contributed by atoms with E-state index in [1.165, 1.54) is 6.92 Å². The Labute approximate surface area is 144 Å². The molecule has 0 aliphatic carbocycles. The Hall–Kier alpha value is -2.43. The van der Waals surface area contributed by atoms with Crippen LogP contribution in [0.2, 0.25) is 0 Å². The SMILES string of the molecule is CCOC(=O)C1C(c2ccc(F)c(F)c2)NC(=O)N(C)C1(O)C(F)(F)F. The number of benzene rings is 1. The van der Waals surface area contributed by atoms with Crippen LogP contribution in [0.4, 0.5) is 26.7 Å². The number of nitrogens with one attached hydrogen (secondary N) is 1. The van der Waals surface area contributed by atoms with Gasteiger partial charge in [0, 0.05) is 7.05 Å². The minimum absolute atomic E-state index is 0.0784. The lowest BCUT2D eigenvalue weighted by Gasteiger charge is -2.49. The fraction of sp³-hybridized carbons (Fsp3) is 0.467. The maximum Gasteiger partial charge on any atom is 0.437 e. The number of carbonyl (C=O) groups excluding carboxylic acids is 2. The van der Waals surface area contributed by atoms with Crippen molar-refractivity contribution in [2.45, 2.75) is 24.9 Å². The lowest BCUT2D eigenvalue weighted by molar-refractivity contribution is -0.328. The number of carbonyl (C=O) groups is 2. The Morgan fingerprint density at radius 2 is 1.96 bits per heavy atom. The van der Waals surface area contributed by atoms with Crippen LogP contribution in [0.5, 0.6) is 0 Å². The quantitative estimate of drug-likeness (QED) is 0.620. The highest BCUT2D eigenvalue weighted by atomic mass is 19.4. The van der Waals surface area contributed by atoms with Gasteiger partial charge in [0.2, 0.25) is 0 Å². The molecule has 2 amide bonds. The molecular weight excluding hydrogens is 367 g/mol. The summed E-state index contributed by atoms with van der Waals surface area (Å²) in [5, 5.41) is 12.4. The number of urea groups is 1. The van der Waals surface area contributed by atoms with Gasteiger partial charge in [-0.15, -0.1) is 0 Å². The number of nitrogens with zero attached hydrogens (tertiary/aromatic N) is 1. The van der Waals surface area contributed by atoms with E-state index in [-0.39, 0.29) is 17.1 Å². The number of alkyl halides is 3. The zero-order valence-electron chi connectivity index (χ0n) is 13.6. The van der Waals surface area contributed by atoms with E-state index in [9.17, 15) is 36.6 Å². The second-order valence-electron chi connectivity index (χ2n) is 5.61. The molecule has 1 aliphatic rings. The first-order chi connectivity index (χ1) is 11.9. The Bertz CT molecular complexity index is 726. The summed E-state index contributed by atoms with van der Waals surface area (Å²) < 4.78 is 72.1. The topological polar surface area (TPSA) is 78.9 Å². The molecule has 0 spiro atoms. The first kappa shape index (κ1) is 19.9. The summed E-state index contributed by atoms with van der Waals surface area (Å²) in [6.07, 6.45) is -5.44. The van der Waals surface area contributed by atoms with E-state index in [1.807, 2.05) is 0 Å². The summed E-state index contributed by atoms with van der Waals surface area (Å²) in [6.45, 7) is 1.04. The standard InChI is InChI=1S/C15H15F5N2O4/c1-3-26-12(23)10-11(7-4-5-8(16)9(17)6-7)21-13(24)22(2)14(10,25)15(18,19)20/h4-6,10-11,25H,3H2,1-2H3,(H,21,24). The monoisotopic (exact) mass is 382 g/mol. The van der Waals surface area contributed by atoms with Gasteiger partial charge in [-0.2, -0.15) is 13.2 Å². The van der Waals surface area contributed by atoms with Crippen LogP contribution in [0.3, 0.4) is 0 Å². The number of aliphatic hydroxyl groups is 1. The summed E-state index contributed by atoms with van der Waals surface area (Å²) in [6, 6.07) is -1.10. The van der Waals surface area contributed by atoms with E-state index in [0.29, 0.717) is 19.2 Å². The van der Waals surface area contributed by atoms with Crippen molar-refractivity contribution in [2.24, 2.45) is 5.92 Å². The molecule has 1 aliphatic heterocycles. The van der Waals surface area contributed by atoms with Crippen LogP contribution < -0.4 is 5.32 Å². The van der Waals surface area contributed by atoms with Crippen molar-refractivity contribution in [3.63, 3.8) is 0 Å². The fourth-order valence-electron chi connectivity index (χ4n) is 2.79. The molecule has 1 fully saturated rings. The van der Waals surface area contributed by atoms with Gasteiger partial charge >= 0.3 is 18.2 Å². The maximum atomic E-state index is 13.6. The third-order valence-corrected chi connectivity index (χ3v) is 4.12. The van der Waals surface area contributed by atoms with Crippen LogP contribution in [0.1, 0.15) is 18.5 Å². The second kappa shape index (κ2) is 6.71. The van der Waals surface area contributed by atoms with Crippen LogP contribution in [-0.4, -0.2) is 47.6 Å². The van der Waals surface area contributed by atoms with Crippen molar-refractivity contribution in [1.29, 1.82) is 0 Å². The van der Waals surface area contributed by atoms with E-state index in [0.717, 1.165) is 6.07 Å². The Morgan fingerprint density at radius 1 is 1.35 bits per heavy atom. The molecule has 1 heterocycles. The molecule has 6 nitrogen and oxygen atoms in total. The Balaban J connectivity index is 2.66. The largest absolute Gasteiger partial charge is 0.466 e. The molecule has 2 N–H and O–H groups in total. The van der Waals surface area contributed by atoms with Crippen LogP contribution in [0.15, 0.2) is 18.2 Å². The van der Waals surface area contributed by atoms with Crippen molar-refractivity contribution in [2.75, 3.05) is 13.7 Å². The molecule has 1 aromatic rings. The second-order valence-corrected chi connectivity index (χ2v) is 5.61. The van der Waals surface area contributed by atoms with Gasteiger partial charge in [0.15, 0.2) is 11.6 Å². The van der Waals surface area contributed by atoms with Gasteiger partial charge in [-0.25, -0.2) is 13.6 Å².